The Morgan fingerprint density at radius 1 is 0.952 bits per heavy atom. The van der Waals surface area contributed by atoms with Gasteiger partial charge < -0.3 is 19.7 Å². The zero-order valence-corrected chi connectivity index (χ0v) is 26.0. The monoisotopic (exact) mass is 615 g/mol. The van der Waals surface area contributed by atoms with Crippen LogP contribution in [0, 0.1) is 0 Å². The summed E-state index contributed by atoms with van der Waals surface area (Å²) in [6, 6.07) is 20.8. The molecule has 0 saturated heterocycles. The van der Waals surface area contributed by atoms with Crippen LogP contribution in [0.2, 0.25) is 5.02 Å². The molecule has 9 nitrogen and oxygen atoms in total. The van der Waals surface area contributed by atoms with Gasteiger partial charge in [0.25, 0.3) is 0 Å². The van der Waals surface area contributed by atoms with Gasteiger partial charge in [-0.2, -0.15) is 0 Å². The Bertz CT molecular complexity index is 1450. The van der Waals surface area contributed by atoms with Crippen molar-refractivity contribution < 1.29 is 27.5 Å². The second-order valence-electron chi connectivity index (χ2n) is 9.73. The van der Waals surface area contributed by atoms with Gasteiger partial charge in [0.05, 0.1) is 31.2 Å². The minimum absolute atomic E-state index is 0.0184. The molecule has 42 heavy (non-hydrogen) atoms. The molecule has 0 radical (unpaired) electrons. The van der Waals surface area contributed by atoms with E-state index in [1.165, 1.54) is 17.5 Å². The number of likely N-dealkylation sites (N-methyl/N-ethyl adjacent to an activating group) is 1. The van der Waals surface area contributed by atoms with Crippen LogP contribution in [0.5, 0.6) is 11.5 Å². The highest BCUT2D eigenvalue weighted by molar-refractivity contribution is 7.92. The van der Waals surface area contributed by atoms with Crippen LogP contribution in [0.3, 0.4) is 0 Å². The SMILES string of the molecule is CCNC(=O)[C@@H](Cc1ccccc1)N(Cc1cccc(OC)c1)C(=O)CCCN(c1ccc(OC)c(Cl)c1)S(C)(=O)=O. The molecule has 3 rings (SSSR count). The highest BCUT2D eigenvalue weighted by Gasteiger charge is 2.30. The lowest BCUT2D eigenvalue weighted by molar-refractivity contribution is -0.141. The van der Waals surface area contributed by atoms with Crippen molar-refractivity contribution in [2.75, 3.05) is 37.9 Å². The van der Waals surface area contributed by atoms with Crippen molar-refractivity contribution in [1.82, 2.24) is 10.2 Å². The van der Waals surface area contributed by atoms with Crippen LogP contribution in [-0.4, -0.2) is 64.7 Å². The fraction of sp³-hybridized carbons (Fsp3) is 0.355. The lowest BCUT2D eigenvalue weighted by Gasteiger charge is -2.32. The number of nitrogens with zero attached hydrogens (tertiary/aromatic N) is 2. The maximum absolute atomic E-state index is 13.9. The molecule has 3 aromatic rings. The number of methoxy groups -OCH3 is 2. The lowest BCUT2D eigenvalue weighted by Crippen LogP contribution is -2.50. The van der Waals surface area contributed by atoms with Crippen LogP contribution in [0.15, 0.2) is 72.8 Å². The minimum Gasteiger partial charge on any atom is -0.497 e. The molecule has 0 aliphatic heterocycles. The summed E-state index contributed by atoms with van der Waals surface area (Å²) in [4.78, 5) is 28.8. The second kappa shape index (κ2) is 15.5. The summed E-state index contributed by atoms with van der Waals surface area (Å²) in [5.41, 5.74) is 2.08. The van der Waals surface area contributed by atoms with Gasteiger partial charge in [0, 0.05) is 32.5 Å². The van der Waals surface area contributed by atoms with Gasteiger partial charge in [-0.25, -0.2) is 8.42 Å². The first kappa shape index (κ1) is 32.8. The van der Waals surface area contributed by atoms with E-state index in [0.29, 0.717) is 30.2 Å². The third-order valence-electron chi connectivity index (χ3n) is 6.68. The van der Waals surface area contributed by atoms with Gasteiger partial charge >= 0.3 is 0 Å². The van der Waals surface area contributed by atoms with E-state index in [1.807, 2.05) is 61.5 Å². The molecule has 0 aromatic heterocycles. The van der Waals surface area contributed by atoms with Crippen LogP contribution in [0.4, 0.5) is 5.69 Å². The molecular weight excluding hydrogens is 578 g/mol. The average Bonchev–Trinajstić information content (AvgIpc) is 2.97. The standard InChI is InChI=1S/C31H38ClN3O6S/c1-5-33-31(37)28(20-23-11-7-6-8-12-23)34(22-24-13-9-14-26(19-24)40-2)30(36)15-10-18-35(42(4,38)39)25-16-17-29(41-3)27(32)21-25/h6-9,11-14,16-17,19,21,28H,5,10,15,18,20,22H2,1-4H3,(H,33,37)/t28-/m1/s1. The van der Waals surface area contributed by atoms with Crippen molar-refractivity contribution in [3.8, 4) is 11.5 Å². The smallest absolute Gasteiger partial charge is 0.243 e. The molecule has 11 heteroatoms. The Hall–Kier alpha value is -3.76. The Balaban J connectivity index is 1.88. The lowest BCUT2D eigenvalue weighted by atomic mass is 10.0. The normalized spacial score (nSPS) is 11.8. The van der Waals surface area contributed by atoms with Gasteiger partial charge in [-0.3, -0.25) is 13.9 Å². The van der Waals surface area contributed by atoms with E-state index in [2.05, 4.69) is 5.32 Å². The first-order chi connectivity index (χ1) is 20.1. The molecule has 0 saturated carbocycles. The molecular formula is C31H38ClN3O6S. The van der Waals surface area contributed by atoms with Crippen molar-refractivity contribution >= 4 is 39.1 Å². The number of carbonyl (C=O) groups excluding carboxylic acids is 2. The van der Waals surface area contributed by atoms with E-state index in [1.54, 1.807) is 24.1 Å². The number of anilines is 1. The number of carbonyl (C=O) groups is 2. The maximum Gasteiger partial charge on any atom is 0.243 e. The predicted molar refractivity (Wildman–Crippen MR) is 166 cm³/mol. The van der Waals surface area contributed by atoms with Crippen molar-refractivity contribution in [3.05, 3.63) is 88.9 Å². The number of nitrogens with one attached hydrogen (secondary N) is 1. The molecule has 0 fully saturated rings. The molecule has 0 bridgehead atoms. The van der Waals surface area contributed by atoms with Crippen molar-refractivity contribution in [2.24, 2.45) is 0 Å². The molecule has 0 aliphatic carbocycles. The number of benzene rings is 3. The first-order valence-electron chi connectivity index (χ1n) is 13.6. The average molecular weight is 616 g/mol. The summed E-state index contributed by atoms with van der Waals surface area (Å²) in [6.45, 7) is 2.47. The first-order valence-corrected chi connectivity index (χ1v) is 15.8. The van der Waals surface area contributed by atoms with Gasteiger partial charge in [0.2, 0.25) is 21.8 Å². The topological polar surface area (TPSA) is 105 Å². The largest absolute Gasteiger partial charge is 0.497 e. The summed E-state index contributed by atoms with van der Waals surface area (Å²) in [7, 11) is -0.632. The number of hydrogen-bond donors (Lipinski definition) is 1. The molecule has 0 spiro atoms. The number of halogens is 1. The van der Waals surface area contributed by atoms with E-state index in [-0.39, 0.29) is 42.8 Å². The quantitative estimate of drug-likeness (QED) is 0.266. The molecule has 3 aromatic carbocycles. The zero-order chi connectivity index (χ0) is 30.7. The summed E-state index contributed by atoms with van der Waals surface area (Å²) >= 11 is 6.25. The van der Waals surface area contributed by atoms with Crippen LogP contribution in [-0.2, 0) is 32.6 Å². The minimum atomic E-state index is -3.68. The van der Waals surface area contributed by atoms with Crippen LogP contribution >= 0.6 is 11.6 Å². The van der Waals surface area contributed by atoms with E-state index in [4.69, 9.17) is 21.1 Å². The summed E-state index contributed by atoms with van der Waals surface area (Å²) in [5, 5.41) is 3.15. The van der Waals surface area contributed by atoms with Crippen molar-refractivity contribution in [2.45, 2.75) is 38.8 Å². The molecule has 0 heterocycles. The number of ether oxygens (including phenoxy) is 2. The molecule has 0 unspecified atom stereocenters. The molecule has 1 N–H and O–H groups in total. The summed E-state index contributed by atoms with van der Waals surface area (Å²) < 4.78 is 37.1. The number of hydrogen-bond acceptors (Lipinski definition) is 6. The zero-order valence-electron chi connectivity index (χ0n) is 24.4. The van der Waals surface area contributed by atoms with Crippen molar-refractivity contribution in [1.29, 1.82) is 0 Å². The third-order valence-corrected chi connectivity index (χ3v) is 8.17. The van der Waals surface area contributed by atoms with Crippen LogP contribution in [0.25, 0.3) is 0 Å². The Morgan fingerprint density at radius 2 is 1.67 bits per heavy atom. The maximum atomic E-state index is 13.9. The predicted octanol–water partition coefficient (Wildman–Crippen LogP) is 4.68. The Labute approximate surface area is 253 Å². The van der Waals surface area contributed by atoms with Crippen LogP contribution < -0.4 is 19.1 Å². The van der Waals surface area contributed by atoms with E-state index >= 15 is 0 Å². The fourth-order valence-corrected chi connectivity index (χ4v) is 5.84. The third kappa shape index (κ3) is 9.12. The Kier molecular flexibility index (Phi) is 12.1. The number of rotatable bonds is 15. The van der Waals surface area contributed by atoms with Gasteiger partial charge in [0.15, 0.2) is 0 Å². The molecule has 1 atom stereocenters. The van der Waals surface area contributed by atoms with Crippen molar-refractivity contribution in [3.63, 3.8) is 0 Å². The highest BCUT2D eigenvalue weighted by Crippen LogP contribution is 2.30. The Morgan fingerprint density at radius 3 is 2.29 bits per heavy atom. The van der Waals surface area contributed by atoms with Gasteiger partial charge in [-0.1, -0.05) is 54.1 Å². The molecule has 2 amide bonds. The highest BCUT2D eigenvalue weighted by atomic mass is 35.5. The number of amides is 2. The number of sulfonamides is 1. The summed E-state index contributed by atoms with van der Waals surface area (Å²) in [6.07, 6.45) is 1.66. The molecule has 0 aliphatic rings. The second-order valence-corrected chi connectivity index (χ2v) is 12.0. The van der Waals surface area contributed by atoms with Gasteiger partial charge in [-0.15, -0.1) is 0 Å². The van der Waals surface area contributed by atoms with Crippen LogP contribution in [0.1, 0.15) is 30.9 Å². The fourth-order valence-electron chi connectivity index (χ4n) is 4.63. The summed E-state index contributed by atoms with van der Waals surface area (Å²) in [5.74, 6) is 0.529. The molecule has 226 valence electrons. The van der Waals surface area contributed by atoms with E-state index < -0.39 is 16.1 Å². The van der Waals surface area contributed by atoms with E-state index in [0.717, 1.165) is 17.4 Å². The van der Waals surface area contributed by atoms with E-state index in [9.17, 15) is 18.0 Å². The van der Waals surface area contributed by atoms with Gasteiger partial charge in [-0.05, 0) is 54.8 Å². The van der Waals surface area contributed by atoms with Gasteiger partial charge in [0.1, 0.15) is 17.5 Å².